The third-order valence-electron chi connectivity index (χ3n) is 1.41. The van der Waals surface area contributed by atoms with Crippen LogP contribution < -0.4 is 5.73 Å². The molecule has 1 aromatic rings. The molecule has 0 bridgehead atoms. The van der Waals surface area contributed by atoms with E-state index >= 15 is 0 Å². The van der Waals surface area contributed by atoms with Gasteiger partial charge in [-0.05, 0) is 25.5 Å². The van der Waals surface area contributed by atoms with Crippen molar-refractivity contribution >= 4 is 5.91 Å². The smallest absolute Gasteiger partial charge is 0.284 e. The zero-order valence-electron chi connectivity index (χ0n) is 5.97. The fourth-order valence-electron chi connectivity index (χ4n) is 0.695. The fraction of sp³-hybridized carbons (Fsp3) is 0.286. The van der Waals surface area contributed by atoms with Crippen LogP contribution in [0.1, 0.15) is 21.9 Å². The molecule has 2 N–H and O–H groups in total. The molecule has 0 atom stereocenters. The Morgan fingerprint density at radius 2 is 2.20 bits per heavy atom. The number of carbonyl (C=O) groups is 1. The predicted octanol–water partition coefficient (Wildman–Crippen LogP) is 0.995. The Morgan fingerprint density at radius 1 is 1.60 bits per heavy atom. The Kier molecular flexibility index (Phi) is 1.49. The molecule has 3 heteroatoms. The monoisotopic (exact) mass is 139 g/mol. The van der Waals surface area contributed by atoms with Crippen molar-refractivity contribution < 1.29 is 9.21 Å². The number of aryl methyl sites for hydroxylation is 2. The average Bonchev–Trinajstić information content (AvgIpc) is 2.13. The van der Waals surface area contributed by atoms with Crippen LogP contribution in [0.15, 0.2) is 10.5 Å². The van der Waals surface area contributed by atoms with Crippen molar-refractivity contribution in [3.05, 3.63) is 23.2 Å². The summed E-state index contributed by atoms with van der Waals surface area (Å²) in [5, 5.41) is 0. The number of furan rings is 1. The van der Waals surface area contributed by atoms with Gasteiger partial charge in [-0.2, -0.15) is 0 Å². The minimum Gasteiger partial charge on any atom is -0.456 e. The van der Waals surface area contributed by atoms with Gasteiger partial charge in [-0.25, -0.2) is 0 Å². The van der Waals surface area contributed by atoms with Crippen LogP contribution in [-0.4, -0.2) is 5.91 Å². The van der Waals surface area contributed by atoms with Gasteiger partial charge in [0.15, 0.2) is 5.76 Å². The van der Waals surface area contributed by atoms with Crippen LogP contribution >= 0.6 is 0 Å². The van der Waals surface area contributed by atoms with E-state index < -0.39 is 5.91 Å². The molecule has 0 aliphatic carbocycles. The first kappa shape index (κ1) is 6.86. The second-order valence-corrected chi connectivity index (χ2v) is 2.21. The van der Waals surface area contributed by atoms with Crippen LogP contribution in [0.2, 0.25) is 0 Å². The highest BCUT2D eigenvalue weighted by atomic mass is 16.3. The summed E-state index contributed by atoms with van der Waals surface area (Å²) in [6.45, 7) is 3.66. The zero-order chi connectivity index (χ0) is 7.72. The maximum Gasteiger partial charge on any atom is 0.284 e. The third kappa shape index (κ3) is 1.03. The van der Waals surface area contributed by atoms with E-state index in [1.807, 2.05) is 6.92 Å². The van der Waals surface area contributed by atoms with Gasteiger partial charge in [0.2, 0.25) is 0 Å². The molecule has 0 aromatic carbocycles. The van der Waals surface area contributed by atoms with Gasteiger partial charge in [-0.15, -0.1) is 0 Å². The molecule has 0 aliphatic heterocycles. The summed E-state index contributed by atoms with van der Waals surface area (Å²) < 4.78 is 5.00. The highest BCUT2D eigenvalue weighted by Gasteiger charge is 2.06. The number of nitrogens with two attached hydrogens (primary N) is 1. The molecule has 0 fully saturated rings. The third-order valence-corrected chi connectivity index (χ3v) is 1.41. The first-order valence-corrected chi connectivity index (χ1v) is 2.98. The summed E-state index contributed by atoms with van der Waals surface area (Å²) in [7, 11) is 0. The molecule has 0 saturated heterocycles. The number of amides is 1. The predicted molar refractivity (Wildman–Crippen MR) is 36.7 cm³/mol. The summed E-state index contributed by atoms with van der Waals surface area (Å²) in [4.78, 5) is 10.5. The summed E-state index contributed by atoms with van der Waals surface area (Å²) in [5.41, 5.74) is 5.92. The standard InChI is InChI=1S/C7H9NO2/c1-4-3-6(7(8)9)10-5(4)2/h3H,1-2H3,(H2,8,9). The lowest BCUT2D eigenvalue weighted by Crippen LogP contribution is -2.09. The Hall–Kier alpha value is -1.25. The topological polar surface area (TPSA) is 56.2 Å². The average molecular weight is 139 g/mol. The molecule has 1 heterocycles. The van der Waals surface area contributed by atoms with Gasteiger partial charge >= 0.3 is 0 Å². The summed E-state index contributed by atoms with van der Waals surface area (Å²) in [5.74, 6) is 0.458. The molecule has 1 aromatic heterocycles. The molecule has 10 heavy (non-hydrogen) atoms. The van der Waals surface area contributed by atoms with E-state index in [-0.39, 0.29) is 5.76 Å². The summed E-state index contributed by atoms with van der Waals surface area (Å²) in [6, 6.07) is 1.64. The van der Waals surface area contributed by atoms with Crippen LogP contribution in [-0.2, 0) is 0 Å². The minimum absolute atomic E-state index is 0.231. The molecule has 1 rings (SSSR count). The van der Waals surface area contributed by atoms with E-state index in [2.05, 4.69) is 0 Å². The van der Waals surface area contributed by atoms with E-state index in [4.69, 9.17) is 10.2 Å². The number of rotatable bonds is 1. The lowest BCUT2D eigenvalue weighted by molar-refractivity contribution is 0.0972. The molecule has 0 unspecified atom stereocenters. The van der Waals surface area contributed by atoms with E-state index in [0.29, 0.717) is 0 Å². The Balaban J connectivity index is 3.10. The van der Waals surface area contributed by atoms with Gasteiger partial charge in [-0.1, -0.05) is 0 Å². The van der Waals surface area contributed by atoms with E-state index in [1.54, 1.807) is 13.0 Å². The van der Waals surface area contributed by atoms with Crippen LogP contribution in [0.3, 0.4) is 0 Å². The maximum absolute atomic E-state index is 10.5. The van der Waals surface area contributed by atoms with Gasteiger partial charge in [0, 0.05) is 0 Å². The molecule has 0 saturated carbocycles. The first-order valence-electron chi connectivity index (χ1n) is 2.98. The lowest BCUT2D eigenvalue weighted by atomic mass is 10.3. The summed E-state index contributed by atoms with van der Waals surface area (Å²) >= 11 is 0. The van der Waals surface area contributed by atoms with Gasteiger partial charge < -0.3 is 10.2 Å². The first-order chi connectivity index (χ1) is 4.61. The number of carbonyl (C=O) groups excluding carboxylic acids is 1. The Labute approximate surface area is 58.8 Å². The number of primary amides is 1. The zero-order valence-corrected chi connectivity index (χ0v) is 5.97. The molecule has 54 valence electrons. The van der Waals surface area contributed by atoms with Crippen LogP contribution in [0.4, 0.5) is 0 Å². The van der Waals surface area contributed by atoms with Crippen molar-refractivity contribution in [1.29, 1.82) is 0 Å². The second-order valence-electron chi connectivity index (χ2n) is 2.21. The lowest BCUT2D eigenvalue weighted by Gasteiger charge is -1.83. The van der Waals surface area contributed by atoms with Gasteiger partial charge in [0.05, 0.1) is 0 Å². The van der Waals surface area contributed by atoms with Crippen molar-refractivity contribution in [1.82, 2.24) is 0 Å². The van der Waals surface area contributed by atoms with E-state index in [9.17, 15) is 4.79 Å². The molecule has 1 amide bonds. The Bertz CT molecular complexity index is 243. The number of hydrogen-bond acceptors (Lipinski definition) is 2. The van der Waals surface area contributed by atoms with Crippen molar-refractivity contribution in [2.75, 3.05) is 0 Å². The van der Waals surface area contributed by atoms with Crippen molar-refractivity contribution in [2.24, 2.45) is 5.73 Å². The van der Waals surface area contributed by atoms with E-state index in [1.165, 1.54) is 0 Å². The van der Waals surface area contributed by atoms with E-state index in [0.717, 1.165) is 11.3 Å². The normalized spacial score (nSPS) is 9.80. The highest BCUT2D eigenvalue weighted by Crippen LogP contribution is 2.11. The van der Waals surface area contributed by atoms with Gasteiger partial charge in [-0.3, -0.25) is 4.79 Å². The van der Waals surface area contributed by atoms with Gasteiger partial charge in [0.25, 0.3) is 5.91 Å². The molecule has 0 spiro atoms. The Morgan fingerprint density at radius 3 is 2.40 bits per heavy atom. The fourth-order valence-corrected chi connectivity index (χ4v) is 0.695. The van der Waals surface area contributed by atoms with Crippen LogP contribution in [0.5, 0.6) is 0 Å². The molecular formula is C7H9NO2. The molecule has 0 aliphatic rings. The van der Waals surface area contributed by atoms with Crippen molar-refractivity contribution in [2.45, 2.75) is 13.8 Å². The minimum atomic E-state index is -0.517. The van der Waals surface area contributed by atoms with Gasteiger partial charge in [0.1, 0.15) is 5.76 Å². The van der Waals surface area contributed by atoms with Crippen molar-refractivity contribution in [3.8, 4) is 0 Å². The van der Waals surface area contributed by atoms with Crippen molar-refractivity contribution in [3.63, 3.8) is 0 Å². The summed E-state index contributed by atoms with van der Waals surface area (Å²) in [6.07, 6.45) is 0. The molecule has 0 radical (unpaired) electrons. The number of hydrogen-bond donors (Lipinski definition) is 1. The highest BCUT2D eigenvalue weighted by molar-refractivity contribution is 5.90. The molecule has 3 nitrogen and oxygen atoms in total. The quantitative estimate of drug-likeness (QED) is 0.630. The largest absolute Gasteiger partial charge is 0.456 e. The maximum atomic E-state index is 10.5. The molecular weight excluding hydrogens is 130 g/mol. The second kappa shape index (κ2) is 2.17. The van der Waals surface area contributed by atoms with Crippen LogP contribution in [0.25, 0.3) is 0 Å². The van der Waals surface area contributed by atoms with Crippen LogP contribution in [0, 0.1) is 13.8 Å². The SMILES string of the molecule is Cc1cc(C(N)=O)oc1C.